The van der Waals surface area contributed by atoms with Crippen LogP contribution >= 0.6 is 0 Å². The fraction of sp³-hybridized carbons (Fsp3) is 0.333. The van der Waals surface area contributed by atoms with Crippen molar-refractivity contribution in [2.75, 3.05) is 26.2 Å². The second-order valence-corrected chi connectivity index (χ2v) is 12.0. The van der Waals surface area contributed by atoms with Gasteiger partial charge in [-0.25, -0.2) is 4.39 Å². The lowest BCUT2D eigenvalue weighted by atomic mass is 10.1. The van der Waals surface area contributed by atoms with Gasteiger partial charge in [-0.2, -0.15) is 0 Å². The maximum absolute atomic E-state index is 14.8. The first-order valence-electron chi connectivity index (χ1n) is 15.7. The molecule has 10 nitrogen and oxygen atoms in total. The highest BCUT2D eigenvalue weighted by atomic mass is 19.1. The molecule has 47 heavy (non-hydrogen) atoms. The van der Waals surface area contributed by atoms with E-state index in [0.717, 1.165) is 5.56 Å². The van der Waals surface area contributed by atoms with Gasteiger partial charge in [-0.3, -0.25) is 19.2 Å². The van der Waals surface area contributed by atoms with E-state index >= 15 is 0 Å². The Bertz CT molecular complexity index is 1660. The molecule has 5 rings (SSSR count). The highest BCUT2D eigenvalue weighted by molar-refractivity contribution is 6.01. The van der Waals surface area contributed by atoms with E-state index in [-0.39, 0.29) is 67.4 Å². The zero-order valence-corrected chi connectivity index (χ0v) is 26.7. The monoisotopic (exact) mass is 642 g/mol. The molecule has 0 unspecified atom stereocenters. The number of likely N-dealkylation sites (tertiary alicyclic amines) is 1. The molecule has 3 aromatic carbocycles. The normalized spacial score (nSPS) is 18.6. The minimum atomic E-state index is -0.598. The summed E-state index contributed by atoms with van der Waals surface area (Å²) in [4.78, 5) is 56.4. The number of carbonyl (C=O) groups excluding carboxylic acids is 4. The molecule has 0 radical (unpaired) electrons. The molecule has 2 aliphatic heterocycles. The maximum Gasteiger partial charge on any atom is 0.254 e. The van der Waals surface area contributed by atoms with Gasteiger partial charge in [0.1, 0.15) is 17.3 Å². The Kier molecular flexibility index (Phi) is 10.7. The van der Waals surface area contributed by atoms with E-state index in [4.69, 9.17) is 9.47 Å². The summed E-state index contributed by atoms with van der Waals surface area (Å²) in [7, 11) is 0. The molecule has 2 heterocycles. The van der Waals surface area contributed by atoms with Crippen molar-refractivity contribution in [1.29, 1.82) is 0 Å². The number of carbonyl (C=O) groups is 4. The standard InChI is InChI=1S/C36H39FN4O6/c1-4-12-40-21-33(42)39-31-19-41(34(43)11-10-24-8-6-5-7-9-24)20-32(31)46-22-25-13-28(37)18-29(14-25)47-30-16-26(35(44)38-23(2)3)15-27(17-30)36(40)45/h5-11,13-18,23,31-32H,4,12,19-22H2,1-3H3,(H,38,44)(H,39,42)/t31-,32-/m1/s1. The van der Waals surface area contributed by atoms with Gasteiger partial charge in [0, 0.05) is 48.9 Å². The number of fused-ring (bicyclic) bond motifs is 5. The molecular weight excluding hydrogens is 603 g/mol. The van der Waals surface area contributed by atoms with Crippen LogP contribution in [0.4, 0.5) is 4.39 Å². The van der Waals surface area contributed by atoms with E-state index in [9.17, 15) is 23.6 Å². The molecule has 1 fully saturated rings. The molecule has 0 spiro atoms. The third-order valence-corrected chi connectivity index (χ3v) is 7.72. The first-order valence-corrected chi connectivity index (χ1v) is 15.7. The SMILES string of the molecule is CCCN1CC(=O)N[C@@H]2CN(C(=O)C=Cc3ccccc3)C[C@H]2OCc2cc(F)cc(c2)Oc2cc(C(=O)NC(C)C)cc(c2)C1=O. The summed E-state index contributed by atoms with van der Waals surface area (Å²) in [5.74, 6) is -1.81. The summed E-state index contributed by atoms with van der Waals surface area (Å²) in [5, 5.41) is 5.78. The molecule has 3 aromatic rings. The van der Waals surface area contributed by atoms with Crippen molar-refractivity contribution in [1.82, 2.24) is 20.4 Å². The van der Waals surface area contributed by atoms with Gasteiger partial charge < -0.3 is 29.9 Å². The van der Waals surface area contributed by atoms with Crippen LogP contribution in [0.3, 0.4) is 0 Å². The smallest absolute Gasteiger partial charge is 0.254 e. The van der Waals surface area contributed by atoms with Crippen LogP contribution in [-0.4, -0.2) is 77.8 Å². The maximum atomic E-state index is 14.8. The summed E-state index contributed by atoms with van der Waals surface area (Å²) in [5.41, 5.74) is 1.66. The van der Waals surface area contributed by atoms with Crippen LogP contribution in [0.1, 0.15) is 59.0 Å². The molecule has 4 bridgehead atoms. The van der Waals surface area contributed by atoms with Crippen molar-refractivity contribution in [3.63, 3.8) is 0 Å². The second-order valence-electron chi connectivity index (χ2n) is 12.0. The number of rotatable bonds is 6. The first-order chi connectivity index (χ1) is 22.6. The predicted molar refractivity (Wildman–Crippen MR) is 174 cm³/mol. The van der Waals surface area contributed by atoms with Crippen molar-refractivity contribution in [3.05, 3.63) is 101 Å². The molecule has 1 saturated heterocycles. The van der Waals surface area contributed by atoms with Crippen LogP contribution in [0.15, 0.2) is 72.8 Å². The number of hydrogen-bond donors (Lipinski definition) is 2. The van der Waals surface area contributed by atoms with Crippen LogP contribution in [0.2, 0.25) is 0 Å². The third-order valence-electron chi connectivity index (χ3n) is 7.72. The Hall–Kier alpha value is -5.03. The van der Waals surface area contributed by atoms with E-state index in [1.807, 2.05) is 51.1 Å². The molecule has 0 saturated carbocycles. The van der Waals surface area contributed by atoms with E-state index in [2.05, 4.69) is 10.6 Å². The van der Waals surface area contributed by atoms with Gasteiger partial charge in [-0.15, -0.1) is 0 Å². The highest BCUT2D eigenvalue weighted by Crippen LogP contribution is 2.28. The largest absolute Gasteiger partial charge is 0.457 e. The number of ether oxygens (including phenoxy) is 2. The third kappa shape index (κ3) is 8.82. The number of halogens is 1. The quantitative estimate of drug-likeness (QED) is 0.382. The predicted octanol–water partition coefficient (Wildman–Crippen LogP) is 4.55. The second kappa shape index (κ2) is 15.0. The van der Waals surface area contributed by atoms with Crippen LogP contribution in [-0.2, 0) is 20.9 Å². The van der Waals surface area contributed by atoms with Gasteiger partial charge in [-0.05, 0) is 67.8 Å². The zero-order valence-electron chi connectivity index (χ0n) is 26.7. The van der Waals surface area contributed by atoms with E-state index < -0.39 is 35.7 Å². The van der Waals surface area contributed by atoms with Crippen LogP contribution in [0.5, 0.6) is 11.5 Å². The molecular formula is C36H39FN4O6. The minimum Gasteiger partial charge on any atom is -0.457 e. The van der Waals surface area contributed by atoms with E-state index in [1.54, 1.807) is 17.0 Å². The summed E-state index contributed by atoms with van der Waals surface area (Å²) in [6, 6.07) is 17.2. The first kappa shape index (κ1) is 33.3. The van der Waals surface area contributed by atoms with Gasteiger partial charge >= 0.3 is 0 Å². The lowest BCUT2D eigenvalue weighted by molar-refractivity contribution is -0.126. The number of nitrogens with one attached hydrogen (secondary N) is 2. The highest BCUT2D eigenvalue weighted by Gasteiger charge is 2.37. The Morgan fingerprint density at radius 2 is 1.81 bits per heavy atom. The van der Waals surface area contributed by atoms with Crippen molar-refractivity contribution < 1.29 is 33.0 Å². The Morgan fingerprint density at radius 3 is 2.55 bits per heavy atom. The van der Waals surface area contributed by atoms with Crippen molar-refractivity contribution in [2.24, 2.45) is 0 Å². The van der Waals surface area contributed by atoms with Crippen molar-refractivity contribution in [2.45, 2.75) is 52.0 Å². The van der Waals surface area contributed by atoms with Gasteiger partial charge in [0.2, 0.25) is 11.8 Å². The molecule has 2 N–H and O–H groups in total. The fourth-order valence-electron chi connectivity index (χ4n) is 5.59. The summed E-state index contributed by atoms with van der Waals surface area (Å²) >= 11 is 0. The minimum absolute atomic E-state index is 0.0183. The lowest BCUT2D eigenvalue weighted by Crippen LogP contribution is -2.49. The summed E-state index contributed by atoms with van der Waals surface area (Å²) < 4.78 is 27.0. The fourth-order valence-corrected chi connectivity index (χ4v) is 5.59. The summed E-state index contributed by atoms with van der Waals surface area (Å²) in [6.07, 6.45) is 3.18. The molecule has 0 aliphatic carbocycles. The molecule has 11 heteroatoms. The Morgan fingerprint density at radius 1 is 1.04 bits per heavy atom. The van der Waals surface area contributed by atoms with E-state index in [0.29, 0.717) is 12.0 Å². The Balaban J connectivity index is 1.46. The topological polar surface area (TPSA) is 117 Å². The van der Waals surface area contributed by atoms with Crippen LogP contribution in [0.25, 0.3) is 6.08 Å². The average Bonchev–Trinajstić information content (AvgIpc) is 3.43. The molecule has 2 aliphatic rings. The molecule has 2 atom stereocenters. The average molecular weight is 643 g/mol. The van der Waals surface area contributed by atoms with Crippen LogP contribution < -0.4 is 15.4 Å². The van der Waals surface area contributed by atoms with Crippen molar-refractivity contribution in [3.8, 4) is 11.5 Å². The van der Waals surface area contributed by atoms with Gasteiger partial charge in [0.25, 0.3) is 11.8 Å². The summed E-state index contributed by atoms with van der Waals surface area (Å²) in [6.45, 7) is 5.91. The molecule has 246 valence electrons. The van der Waals surface area contributed by atoms with E-state index in [1.165, 1.54) is 41.3 Å². The number of nitrogens with zero attached hydrogens (tertiary/aromatic N) is 2. The lowest BCUT2D eigenvalue weighted by Gasteiger charge is -2.25. The zero-order chi connectivity index (χ0) is 33.5. The van der Waals surface area contributed by atoms with Gasteiger partial charge in [0.05, 0.1) is 25.3 Å². The number of benzene rings is 3. The number of amides is 4. The number of hydrogen-bond acceptors (Lipinski definition) is 6. The molecule has 4 amide bonds. The molecule has 0 aromatic heterocycles. The Labute approximate surface area is 273 Å². The van der Waals surface area contributed by atoms with Gasteiger partial charge in [0.15, 0.2) is 0 Å². The van der Waals surface area contributed by atoms with Crippen LogP contribution in [0, 0.1) is 5.82 Å². The van der Waals surface area contributed by atoms with Gasteiger partial charge in [-0.1, -0.05) is 37.3 Å². The van der Waals surface area contributed by atoms with Crippen molar-refractivity contribution >= 4 is 29.7 Å².